The van der Waals surface area contributed by atoms with Crippen molar-refractivity contribution in [3.8, 4) is 0 Å². The second-order valence-corrected chi connectivity index (χ2v) is 5.55. The maximum absolute atomic E-state index is 3.82. The van der Waals surface area contributed by atoms with Crippen molar-refractivity contribution in [2.75, 3.05) is 13.1 Å². The van der Waals surface area contributed by atoms with Crippen LogP contribution in [0.1, 0.15) is 52.4 Å². The average Bonchev–Trinajstić information content (AvgIpc) is 2.19. The lowest BCUT2D eigenvalue weighted by atomic mass is 9.74. The van der Waals surface area contributed by atoms with E-state index in [0.29, 0.717) is 11.6 Å². The summed E-state index contributed by atoms with van der Waals surface area (Å²) in [5.74, 6) is 0.847. The fraction of sp³-hybridized carbons (Fsp3) is 1.00. The van der Waals surface area contributed by atoms with E-state index in [-0.39, 0.29) is 0 Å². The van der Waals surface area contributed by atoms with E-state index in [1.807, 2.05) is 0 Å². The predicted molar refractivity (Wildman–Crippen MR) is 65.1 cm³/mol. The van der Waals surface area contributed by atoms with Crippen molar-refractivity contribution in [1.29, 1.82) is 0 Å². The zero-order valence-electron chi connectivity index (χ0n) is 10.3. The van der Waals surface area contributed by atoms with E-state index >= 15 is 0 Å². The van der Waals surface area contributed by atoms with Crippen LogP contribution in [0.5, 0.6) is 0 Å². The zero-order chi connectivity index (χ0) is 10.7. The summed E-state index contributed by atoms with van der Waals surface area (Å²) in [6.45, 7) is 7.10. The highest BCUT2D eigenvalue weighted by Gasteiger charge is 2.35. The van der Waals surface area contributed by atoms with Gasteiger partial charge in [0.05, 0.1) is 0 Å². The molecule has 15 heavy (non-hydrogen) atoms. The Morgan fingerprint density at radius 1 is 1.33 bits per heavy atom. The number of nitrogens with one attached hydrogen (secondary N) is 2. The van der Waals surface area contributed by atoms with Crippen molar-refractivity contribution in [1.82, 2.24) is 10.6 Å². The van der Waals surface area contributed by atoms with Gasteiger partial charge in [0, 0.05) is 18.1 Å². The van der Waals surface area contributed by atoms with Crippen molar-refractivity contribution in [2.45, 2.75) is 64.0 Å². The minimum Gasteiger partial charge on any atom is -0.312 e. The molecule has 2 fully saturated rings. The molecule has 0 amide bonds. The summed E-state index contributed by atoms with van der Waals surface area (Å²) in [5, 5.41) is 7.47. The van der Waals surface area contributed by atoms with Gasteiger partial charge in [-0.15, -0.1) is 0 Å². The van der Waals surface area contributed by atoms with Crippen LogP contribution in [0, 0.1) is 5.92 Å². The first-order valence-electron chi connectivity index (χ1n) is 6.74. The smallest absolute Gasteiger partial charge is 0.0218 e. The monoisotopic (exact) mass is 210 g/mol. The van der Waals surface area contributed by atoms with E-state index in [9.17, 15) is 0 Å². The summed E-state index contributed by atoms with van der Waals surface area (Å²) < 4.78 is 0. The van der Waals surface area contributed by atoms with Crippen LogP contribution in [0.4, 0.5) is 0 Å². The fourth-order valence-corrected chi connectivity index (χ4v) is 2.97. The topological polar surface area (TPSA) is 24.1 Å². The van der Waals surface area contributed by atoms with Crippen LogP contribution in [-0.4, -0.2) is 24.7 Å². The molecule has 0 spiro atoms. The summed E-state index contributed by atoms with van der Waals surface area (Å²) in [5.41, 5.74) is 0.513. The van der Waals surface area contributed by atoms with Gasteiger partial charge in [-0.05, 0) is 51.0 Å². The Morgan fingerprint density at radius 3 is 2.67 bits per heavy atom. The van der Waals surface area contributed by atoms with Gasteiger partial charge in [-0.1, -0.05) is 13.8 Å². The molecule has 88 valence electrons. The average molecular weight is 210 g/mol. The normalized spacial score (nSPS) is 34.8. The molecular formula is C13H26N2. The molecule has 1 saturated heterocycles. The van der Waals surface area contributed by atoms with Crippen molar-refractivity contribution in [3.05, 3.63) is 0 Å². The van der Waals surface area contributed by atoms with Crippen molar-refractivity contribution in [2.24, 2.45) is 5.92 Å². The molecule has 0 bridgehead atoms. The molecule has 2 heteroatoms. The molecule has 0 aromatic carbocycles. The first-order chi connectivity index (χ1) is 7.26. The molecule has 0 radical (unpaired) electrons. The molecule has 1 aliphatic heterocycles. The minimum atomic E-state index is 0.513. The molecule has 0 aromatic rings. The second kappa shape index (κ2) is 4.84. The van der Waals surface area contributed by atoms with Crippen molar-refractivity contribution < 1.29 is 0 Å². The maximum atomic E-state index is 3.82. The molecule has 1 heterocycles. The summed E-state index contributed by atoms with van der Waals surface area (Å²) in [4.78, 5) is 0. The highest BCUT2D eigenvalue weighted by Crippen LogP contribution is 2.34. The van der Waals surface area contributed by atoms with Gasteiger partial charge >= 0.3 is 0 Å². The molecule has 2 rings (SSSR count). The molecular weight excluding hydrogens is 184 g/mol. The van der Waals surface area contributed by atoms with Crippen molar-refractivity contribution in [3.63, 3.8) is 0 Å². The summed E-state index contributed by atoms with van der Waals surface area (Å²) in [7, 11) is 0. The van der Waals surface area contributed by atoms with Crippen LogP contribution in [-0.2, 0) is 0 Å². The van der Waals surface area contributed by atoms with E-state index in [0.717, 1.165) is 5.92 Å². The Balaban J connectivity index is 1.76. The van der Waals surface area contributed by atoms with Crippen LogP contribution < -0.4 is 10.6 Å². The molecule has 2 nitrogen and oxygen atoms in total. The first-order valence-corrected chi connectivity index (χ1v) is 6.74. The molecule has 2 atom stereocenters. The van der Waals surface area contributed by atoms with E-state index < -0.39 is 0 Å². The van der Waals surface area contributed by atoms with Gasteiger partial charge in [-0.25, -0.2) is 0 Å². The summed E-state index contributed by atoms with van der Waals surface area (Å²) in [6.07, 6.45) is 8.27. The van der Waals surface area contributed by atoms with Gasteiger partial charge in [0.15, 0.2) is 0 Å². The molecule has 2 N–H and O–H groups in total. The van der Waals surface area contributed by atoms with E-state index in [1.54, 1.807) is 0 Å². The Labute approximate surface area is 94.2 Å². The highest BCUT2D eigenvalue weighted by atomic mass is 15.0. The van der Waals surface area contributed by atoms with Gasteiger partial charge in [-0.2, -0.15) is 0 Å². The lowest BCUT2D eigenvalue weighted by molar-refractivity contribution is 0.159. The zero-order valence-corrected chi connectivity index (χ0v) is 10.3. The Hall–Kier alpha value is -0.0800. The Kier molecular flexibility index (Phi) is 3.68. The first kappa shape index (κ1) is 11.4. The number of piperidine rings is 1. The van der Waals surface area contributed by atoms with Gasteiger partial charge in [0.1, 0.15) is 0 Å². The van der Waals surface area contributed by atoms with Gasteiger partial charge in [0.2, 0.25) is 0 Å². The summed E-state index contributed by atoms with van der Waals surface area (Å²) in [6, 6.07) is 0.711. The fourth-order valence-electron chi connectivity index (χ4n) is 2.97. The lowest BCUT2D eigenvalue weighted by Crippen LogP contribution is -2.56. The second-order valence-electron chi connectivity index (χ2n) is 5.55. The standard InChI is InChI=1S/C13H26N2/c1-3-13(7-5-8-13)15-10-12-11(2)6-4-9-14-12/h11-12,14-15H,3-10H2,1-2H3. The SMILES string of the molecule is CCC1(NCC2NCCCC2C)CCC1. The van der Waals surface area contributed by atoms with Crippen LogP contribution >= 0.6 is 0 Å². The molecule has 1 aliphatic carbocycles. The lowest BCUT2D eigenvalue weighted by Gasteiger charge is -2.44. The predicted octanol–water partition coefficient (Wildman–Crippen LogP) is 2.30. The Bertz CT molecular complexity index is 193. The van der Waals surface area contributed by atoms with Gasteiger partial charge in [0.25, 0.3) is 0 Å². The van der Waals surface area contributed by atoms with Crippen LogP contribution in [0.2, 0.25) is 0 Å². The third kappa shape index (κ3) is 2.54. The van der Waals surface area contributed by atoms with Crippen LogP contribution in [0.25, 0.3) is 0 Å². The minimum absolute atomic E-state index is 0.513. The number of hydrogen-bond donors (Lipinski definition) is 2. The van der Waals surface area contributed by atoms with Crippen molar-refractivity contribution >= 4 is 0 Å². The summed E-state index contributed by atoms with van der Waals surface area (Å²) >= 11 is 0. The van der Waals surface area contributed by atoms with Gasteiger partial charge < -0.3 is 10.6 Å². The molecule has 1 saturated carbocycles. The third-order valence-electron chi connectivity index (χ3n) is 4.61. The molecule has 2 unspecified atom stereocenters. The maximum Gasteiger partial charge on any atom is 0.0218 e. The van der Waals surface area contributed by atoms with E-state index in [4.69, 9.17) is 0 Å². The third-order valence-corrected chi connectivity index (χ3v) is 4.61. The van der Waals surface area contributed by atoms with Crippen LogP contribution in [0.15, 0.2) is 0 Å². The highest BCUT2D eigenvalue weighted by molar-refractivity contribution is 4.96. The van der Waals surface area contributed by atoms with Gasteiger partial charge in [-0.3, -0.25) is 0 Å². The molecule has 0 aromatic heterocycles. The quantitative estimate of drug-likeness (QED) is 0.744. The number of hydrogen-bond acceptors (Lipinski definition) is 2. The number of rotatable bonds is 4. The molecule has 2 aliphatic rings. The Morgan fingerprint density at radius 2 is 2.13 bits per heavy atom. The van der Waals surface area contributed by atoms with E-state index in [2.05, 4.69) is 24.5 Å². The van der Waals surface area contributed by atoms with E-state index in [1.165, 1.54) is 51.6 Å². The largest absolute Gasteiger partial charge is 0.312 e. The van der Waals surface area contributed by atoms with Crippen LogP contribution in [0.3, 0.4) is 0 Å².